The summed E-state index contributed by atoms with van der Waals surface area (Å²) in [7, 11) is 0. The highest BCUT2D eigenvalue weighted by Gasteiger charge is 2.05. The summed E-state index contributed by atoms with van der Waals surface area (Å²) >= 11 is 4.09. The molecule has 0 aromatic carbocycles. The second-order valence-electron chi connectivity index (χ2n) is 2.88. The van der Waals surface area contributed by atoms with E-state index in [1.807, 2.05) is 6.20 Å². The average molecular weight is 208 g/mol. The number of carbonyl (C=O) groups is 1. The highest BCUT2D eigenvalue weighted by Crippen LogP contribution is 2.09. The SMILES string of the molecule is O=C(O)c1ccn2cc(CS)nc2c1. The van der Waals surface area contributed by atoms with E-state index in [4.69, 9.17) is 5.11 Å². The van der Waals surface area contributed by atoms with Crippen LogP contribution in [0.3, 0.4) is 0 Å². The van der Waals surface area contributed by atoms with Gasteiger partial charge in [-0.1, -0.05) is 0 Å². The van der Waals surface area contributed by atoms with Gasteiger partial charge in [-0.25, -0.2) is 9.78 Å². The highest BCUT2D eigenvalue weighted by atomic mass is 32.1. The molecule has 72 valence electrons. The van der Waals surface area contributed by atoms with Crippen LogP contribution in [0.25, 0.3) is 5.65 Å². The lowest BCUT2D eigenvalue weighted by molar-refractivity contribution is 0.0697. The fraction of sp³-hybridized carbons (Fsp3) is 0.111. The molecule has 4 nitrogen and oxygen atoms in total. The monoisotopic (exact) mass is 208 g/mol. The maximum absolute atomic E-state index is 10.7. The highest BCUT2D eigenvalue weighted by molar-refractivity contribution is 7.79. The van der Waals surface area contributed by atoms with Crippen molar-refractivity contribution in [1.29, 1.82) is 0 Å². The van der Waals surface area contributed by atoms with Gasteiger partial charge in [-0.15, -0.1) is 0 Å². The van der Waals surface area contributed by atoms with Crippen LogP contribution in [0, 0.1) is 0 Å². The molecule has 0 atom stereocenters. The molecule has 2 aromatic rings. The summed E-state index contributed by atoms with van der Waals surface area (Å²) in [5.41, 5.74) is 1.71. The third-order valence-corrected chi connectivity index (χ3v) is 2.24. The van der Waals surface area contributed by atoms with Crippen LogP contribution in [0.15, 0.2) is 24.5 Å². The predicted molar refractivity (Wildman–Crippen MR) is 54.8 cm³/mol. The van der Waals surface area contributed by atoms with Gasteiger partial charge in [-0.05, 0) is 12.1 Å². The molecule has 0 amide bonds. The lowest BCUT2D eigenvalue weighted by atomic mass is 10.3. The Morgan fingerprint density at radius 3 is 3.07 bits per heavy atom. The van der Waals surface area contributed by atoms with E-state index >= 15 is 0 Å². The van der Waals surface area contributed by atoms with E-state index in [9.17, 15) is 4.79 Å². The predicted octanol–water partition coefficient (Wildman–Crippen LogP) is 1.46. The van der Waals surface area contributed by atoms with Crippen LogP contribution in [0.4, 0.5) is 0 Å². The van der Waals surface area contributed by atoms with Crippen molar-refractivity contribution >= 4 is 24.2 Å². The lowest BCUT2D eigenvalue weighted by Crippen LogP contribution is -1.96. The van der Waals surface area contributed by atoms with E-state index in [1.165, 1.54) is 6.07 Å². The normalized spacial score (nSPS) is 10.6. The van der Waals surface area contributed by atoms with Crippen molar-refractivity contribution in [3.8, 4) is 0 Å². The lowest BCUT2D eigenvalue weighted by Gasteiger charge is -1.94. The van der Waals surface area contributed by atoms with Crippen LogP contribution in [-0.2, 0) is 5.75 Å². The minimum Gasteiger partial charge on any atom is -0.478 e. The molecule has 14 heavy (non-hydrogen) atoms. The molecular weight excluding hydrogens is 200 g/mol. The molecule has 0 aliphatic rings. The van der Waals surface area contributed by atoms with Crippen molar-refractivity contribution in [3.05, 3.63) is 35.8 Å². The van der Waals surface area contributed by atoms with Crippen molar-refractivity contribution in [3.63, 3.8) is 0 Å². The molecule has 0 aliphatic carbocycles. The number of hydrogen-bond donors (Lipinski definition) is 2. The summed E-state index contributed by atoms with van der Waals surface area (Å²) in [4.78, 5) is 14.9. The van der Waals surface area contributed by atoms with E-state index in [1.54, 1.807) is 16.7 Å². The summed E-state index contributed by atoms with van der Waals surface area (Å²) in [5, 5.41) is 8.76. The number of pyridine rings is 1. The molecule has 0 saturated carbocycles. The molecule has 0 unspecified atom stereocenters. The first-order valence-electron chi connectivity index (χ1n) is 4.02. The molecule has 1 N–H and O–H groups in total. The number of aromatic nitrogens is 2. The van der Waals surface area contributed by atoms with E-state index in [2.05, 4.69) is 17.6 Å². The number of carboxylic acid groups (broad SMARTS) is 1. The maximum Gasteiger partial charge on any atom is 0.335 e. The number of thiol groups is 1. The Kier molecular flexibility index (Phi) is 2.17. The number of fused-ring (bicyclic) bond motifs is 1. The zero-order chi connectivity index (χ0) is 10.1. The van der Waals surface area contributed by atoms with Crippen LogP contribution in [0.1, 0.15) is 16.1 Å². The summed E-state index contributed by atoms with van der Waals surface area (Å²) < 4.78 is 1.78. The molecule has 0 aliphatic heterocycles. The maximum atomic E-state index is 10.7. The first-order valence-corrected chi connectivity index (χ1v) is 4.66. The molecule has 0 spiro atoms. The van der Waals surface area contributed by atoms with Crippen LogP contribution in [0.5, 0.6) is 0 Å². The van der Waals surface area contributed by atoms with Crippen LogP contribution in [-0.4, -0.2) is 20.5 Å². The van der Waals surface area contributed by atoms with Crippen molar-refractivity contribution < 1.29 is 9.90 Å². The van der Waals surface area contributed by atoms with Gasteiger partial charge in [0.15, 0.2) is 0 Å². The van der Waals surface area contributed by atoms with Gasteiger partial charge < -0.3 is 9.51 Å². The molecule has 0 saturated heterocycles. The Morgan fingerprint density at radius 2 is 2.43 bits per heavy atom. The average Bonchev–Trinajstić information content (AvgIpc) is 2.58. The quantitative estimate of drug-likeness (QED) is 0.735. The van der Waals surface area contributed by atoms with Gasteiger partial charge >= 0.3 is 5.97 Å². The standard InChI is InChI=1S/C9H8N2O2S/c12-9(13)6-1-2-11-4-7(5-14)10-8(11)3-6/h1-4,14H,5H2,(H,12,13). The van der Waals surface area contributed by atoms with E-state index in [0.717, 1.165) is 5.69 Å². The summed E-state index contributed by atoms with van der Waals surface area (Å²) in [5.74, 6) is -0.396. The third kappa shape index (κ3) is 1.46. The Bertz CT molecular complexity index is 493. The molecule has 5 heteroatoms. The zero-order valence-corrected chi connectivity index (χ0v) is 8.11. The largest absolute Gasteiger partial charge is 0.478 e. The third-order valence-electron chi connectivity index (χ3n) is 1.92. The molecule has 2 heterocycles. The molecule has 0 radical (unpaired) electrons. The Hall–Kier alpha value is -1.49. The van der Waals surface area contributed by atoms with Crippen molar-refractivity contribution in [1.82, 2.24) is 9.38 Å². The van der Waals surface area contributed by atoms with Gasteiger partial charge in [0, 0.05) is 18.1 Å². The minimum absolute atomic E-state index is 0.244. The molecule has 2 rings (SSSR count). The number of aromatic carboxylic acids is 1. The van der Waals surface area contributed by atoms with Crippen LogP contribution in [0.2, 0.25) is 0 Å². The first kappa shape index (κ1) is 9.08. The van der Waals surface area contributed by atoms with Gasteiger partial charge in [0.05, 0.1) is 11.3 Å². The van der Waals surface area contributed by atoms with Gasteiger partial charge in [-0.2, -0.15) is 12.6 Å². The molecule has 0 fully saturated rings. The van der Waals surface area contributed by atoms with Crippen molar-refractivity contribution in [2.75, 3.05) is 0 Å². The van der Waals surface area contributed by atoms with Crippen molar-refractivity contribution in [2.45, 2.75) is 5.75 Å². The number of hydrogen-bond acceptors (Lipinski definition) is 3. The van der Waals surface area contributed by atoms with Gasteiger partial charge in [-0.3, -0.25) is 0 Å². The Morgan fingerprint density at radius 1 is 1.64 bits per heavy atom. The molecule has 0 bridgehead atoms. The van der Waals surface area contributed by atoms with E-state index in [-0.39, 0.29) is 5.56 Å². The van der Waals surface area contributed by atoms with E-state index in [0.29, 0.717) is 11.4 Å². The first-order chi connectivity index (χ1) is 6.70. The Labute approximate surface area is 85.6 Å². The van der Waals surface area contributed by atoms with E-state index < -0.39 is 5.97 Å². The van der Waals surface area contributed by atoms with Gasteiger partial charge in [0.2, 0.25) is 0 Å². The number of nitrogens with zero attached hydrogens (tertiary/aromatic N) is 2. The Balaban J connectivity index is 2.59. The number of rotatable bonds is 2. The number of imidazole rings is 1. The minimum atomic E-state index is -0.942. The topological polar surface area (TPSA) is 54.6 Å². The summed E-state index contributed by atoms with van der Waals surface area (Å²) in [6, 6.07) is 3.08. The van der Waals surface area contributed by atoms with Crippen LogP contribution < -0.4 is 0 Å². The smallest absolute Gasteiger partial charge is 0.335 e. The second kappa shape index (κ2) is 3.34. The fourth-order valence-corrected chi connectivity index (χ4v) is 1.40. The van der Waals surface area contributed by atoms with Gasteiger partial charge in [0.1, 0.15) is 5.65 Å². The fourth-order valence-electron chi connectivity index (χ4n) is 1.24. The summed E-state index contributed by atoms with van der Waals surface area (Å²) in [6.07, 6.45) is 3.51. The van der Waals surface area contributed by atoms with Gasteiger partial charge in [0.25, 0.3) is 0 Å². The zero-order valence-electron chi connectivity index (χ0n) is 7.21. The van der Waals surface area contributed by atoms with Crippen LogP contribution >= 0.6 is 12.6 Å². The molecular formula is C9H8N2O2S. The molecule has 2 aromatic heterocycles. The second-order valence-corrected chi connectivity index (χ2v) is 3.19. The van der Waals surface area contributed by atoms with Crippen molar-refractivity contribution in [2.24, 2.45) is 0 Å². The number of carboxylic acids is 1. The summed E-state index contributed by atoms with van der Waals surface area (Å²) in [6.45, 7) is 0.